The number of nitro benzene ring substituents is 1. The summed E-state index contributed by atoms with van der Waals surface area (Å²) in [6.07, 6.45) is 2.09. The molecule has 0 radical (unpaired) electrons. The number of nitro groups is 1. The van der Waals surface area contributed by atoms with Crippen LogP contribution in [-0.2, 0) is 0 Å². The lowest BCUT2D eigenvalue weighted by Crippen LogP contribution is -2.00. The zero-order valence-electron chi connectivity index (χ0n) is 9.38. The molecule has 6 nitrogen and oxygen atoms in total. The molecule has 0 spiro atoms. The van der Waals surface area contributed by atoms with Gasteiger partial charge in [0, 0.05) is 6.07 Å². The third-order valence-electron chi connectivity index (χ3n) is 2.19. The molecule has 1 N–H and O–H groups in total. The number of carbonyl (C=O) groups excluding carboxylic acids is 1. The van der Waals surface area contributed by atoms with Crippen molar-refractivity contribution < 1.29 is 19.6 Å². The molecule has 1 aromatic rings. The third kappa shape index (κ3) is 3.17. The molecule has 0 saturated carbocycles. The van der Waals surface area contributed by atoms with E-state index < -0.39 is 10.6 Å². The number of aldehydes is 1. The summed E-state index contributed by atoms with van der Waals surface area (Å²) in [7, 11) is 0. The van der Waals surface area contributed by atoms with E-state index in [1.807, 2.05) is 6.92 Å². The molecule has 0 amide bonds. The Morgan fingerprint density at radius 1 is 1.53 bits per heavy atom. The number of unbranched alkanes of at least 4 members (excludes halogenated alkanes) is 1. The molecular formula is C11H13NO5. The first-order valence-corrected chi connectivity index (χ1v) is 5.19. The number of aromatic hydroxyl groups is 1. The van der Waals surface area contributed by atoms with Gasteiger partial charge < -0.3 is 9.84 Å². The molecule has 0 aromatic heterocycles. The van der Waals surface area contributed by atoms with Crippen LogP contribution in [-0.4, -0.2) is 22.9 Å². The van der Waals surface area contributed by atoms with E-state index in [-0.39, 0.29) is 17.1 Å². The minimum absolute atomic E-state index is 0.0890. The van der Waals surface area contributed by atoms with E-state index in [4.69, 9.17) is 4.74 Å². The summed E-state index contributed by atoms with van der Waals surface area (Å²) in [5.41, 5.74) is -0.542. The minimum atomic E-state index is -0.723. The lowest BCUT2D eigenvalue weighted by atomic mass is 10.1. The largest absolute Gasteiger partial charge is 0.504 e. The normalized spacial score (nSPS) is 9.94. The fourth-order valence-corrected chi connectivity index (χ4v) is 1.27. The fraction of sp³-hybridized carbons (Fsp3) is 0.364. The van der Waals surface area contributed by atoms with Gasteiger partial charge >= 0.3 is 0 Å². The molecule has 1 rings (SSSR count). The quantitative estimate of drug-likeness (QED) is 0.356. The van der Waals surface area contributed by atoms with Gasteiger partial charge in [-0.1, -0.05) is 13.3 Å². The summed E-state index contributed by atoms with van der Waals surface area (Å²) in [5, 5.41) is 20.1. The van der Waals surface area contributed by atoms with Gasteiger partial charge in [0.15, 0.2) is 17.8 Å². The zero-order valence-corrected chi connectivity index (χ0v) is 9.38. The van der Waals surface area contributed by atoms with Crippen LogP contribution >= 0.6 is 0 Å². The van der Waals surface area contributed by atoms with Crippen LogP contribution in [0.3, 0.4) is 0 Å². The van der Waals surface area contributed by atoms with Gasteiger partial charge in [0.05, 0.1) is 23.2 Å². The SMILES string of the molecule is CCCCOc1cc(C=O)c([N+](=O)[O-])cc1O. The second-order valence-electron chi connectivity index (χ2n) is 3.46. The standard InChI is InChI=1S/C11H13NO5/c1-2-3-4-17-11-5-8(7-13)9(12(15)16)6-10(11)14/h5-7,14H,2-4H2,1H3. The van der Waals surface area contributed by atoms with Crippen LogP contribution < -0.4 is 4.74 Å². The van der Waals surface area contributed by atoms with E-state index in [1.54, 1.807) is 0 Å². The molecule has 0 unspecified atom stereocenters. The van der Waals surface area contributed by atoms with Crippen molar-refractivity contribution in [3.8, 4) is 11.5 Å². The topological polar surface area (TPSA) is 89.7 Å². The van der Waals surface area contributed by atoms with Crippen LogP contribution in [0, 0.1) is 10.1 Å². The van der Waals surface area contributed by atoms with Crippen LogP contribution in [0.2, 0.25) is 0 Å². The van der Waals surface area contributed by atoms with Gasteiger partial charge in [-0.15, -0.1) is 0 Å². The number of phenolic OH excluding ortho intramolecular Hbond substituents is 1. The average molecular weight is 239 g/mol. The minimum Gasteiger partial charge on any atom is -0.504 e. The maximum absolute atomic E-state index is 10.7. The molecule has 6 heteroatoms. The zero-order chi connectivity index (χ0) is 12.8. The van der Waals surface area contributed by atoms with Gasteiger partial charge in [-0.2, -0.15) is 0 Å². The highest BCUT2D eigenvalue weighted by molar-refractivity contribution is 5.83. The van der Waals surface area contributed by atoms with Crippen LogP contribution in [0.15, 0.2) is 12.1 Å². The molecule has 0 aliphatic carbocycles. The maximum atomic E-state index is 10.7. The van der Waals surface area contributed by atoms with E-state index in [1.165, 1.54) is 6.07 Å². The van der Waals surface area contributed by atoms with Crippen molar-refractivity contribution in [1.29, 1.82) is 0 Å². The molecular weight excluding hydrogens is 226 g/mol. The second kappa shape index (κ2) is 5.83. The highest BCUT2D eigenvalue weighted by Gasteiger charge is 2.18. The third-order valence-corrected chi connectivity index (χ3v) is 2.19. The highest BCUT2D eigenvalue weighted by Crippen LogP contribution is 2.33. The van der Waals surface area contributed by atoms with Crippen LogP contribution in [0.1, 0.15) is 30.1 Å². The van der Waals surface area contributed by atoms with E-state index in [9.17, 15) is 20.0 Å². The van der Waals surface area contributed by atoms with E-state index in [0.717, 1.165) is 18.9 Å². The van der Waals surface area contributed by atoms with Crippen molar-refractivity contribution in [2.24, 2.45) is 0 Å². The van der Waals surface area contributed by atoms with Crippen molar-refractivity contribution in [1.82, 2.24) is 0 Å². The first-order valence-electron chi connectivity index (χ1n) is 5.19. The first-order chi connectivity index (χ1) is 8.10. The van der Waals surface area contributed by atoms with Crippen molar-refractivity contribution in [3.05, 3.63) is 27.8 Å². The lowest BCUT2D eigenvalue weighted by Gasteiger charge is -2.08. The number of phenols is 1. The summed E-state index contributed by atoms with van der Waals surface area (Å²) < 4.78 is 5.22. The number of nitrogens with zero attached hydrogens (tertiary/aromatic N) is 1. The summed E-state index contributed by atoms with van der Waals surface area (Å²) in [5.74, 6) is -0.246. The van der Waals surface area contributed by atoms with Crippen molar-refractivity contribution in [2.75, 3.05) is 6.61 Å². The Hall–Kier alpha value is -2.11. The van der Waals surface area contributed by atoms with Crippen molar-refractivity contribution in [3.63, 3.8) is 0 Å². The number of rotatable bonds is 6. The van der Waals surface area contributed by atoms with Gasteiger partial charge in [-0.25, -0.2) is 0 Å². The Balaban J connectivity index is 3.00. The molecule has 1 aromatic carbocycles. The Morgan fingerprint density at radius 2 is 2.24 bits per heavy atom. The summed E-state index contributed by atoms with van der Waals surface area (Å²) in [6, 6.07) is 2.10. The number of benzene rings is 1. The van der Waals surface area contributed by atoms with Crippen LogP contribution in [0.5, 0.6) is 11.5 Å². The Morgan fingerprint density at radius 3 is 2.76 bits per heavy atom. The van der Waals surface area contributed by atoms with Gasteiger partial charge in [0.2, 0.25) is 0 Å². The van der Waals surface area contributed by atoms with Crippen LogP contribution in [0.4, 0.5) is 5.69 Å². The highest BCUT2D eigenvalue weighted by atomic mass is 16.6. The molecule has 0 fully saturated rings. The molecule has 0 heterocycles. The predicted octanol–water partition coefficient (Wildman–Crippen LogP) is 2.29. The number of hydrogen-bond donors (Lipinski definition) is 1. The molecule has 0 aliphatic heterocycles. The monoisotopic (exact) mass is 239 g/mol. The van der Waals surface area contributed by atoms with Crippen molar-refractivity contribution in [2.45, 2.75) is 19.8 Å². The Labute approximate surface area is 98.0 Å². The summed E-state index contributed by atoms with van der Waals surface area (Å²) >= 11 is 0. The van der Waals surface area contributed by atoms with Gasteiger partial charge in [-0.3, -0.25) is 14.9 Å². The first kappa shape index (κ1) is 13.0. The maximum Gasteiger partial charge on any atom is 0.283 e. The smallest absolute Gasteiger partial charge is 0.283 e. The molecule has 0 bridgehead atoms. The summed E-state index contributed by atoms with van der Waals surface area (Å²) in [4.78, 5) is 20.6. The summed E-state index contributed by atoms with van der Waals surface area (Å²) in [6.45, 7) is 2.37. The predicted molar refractivity (Wildman–Crippen MR) is 60.6 cm³/mol. The molecule has 0 saturated heterocycles. The molecule has 17 heavy (non-hydrogen) atoms. The van der Waals surface area contributed by atoms with E-state index >= 15 is 0 Å². The Bertz CT molecular complexity index is 430. The van der Waals surface area contributed by atoms with Gasteiger partial charge in [0.1, 0.15) is 0 Å². The van der Waals surface area contributed by atoms with Gasteiger partial charge in [-0.05, 0) is 6.42 Å². The second-order valence-corrected chi connectivity index (χ2v) is 3.46. The average Bonchev–Trinajstić information content (AvgIpc) is 2.30. The van der Waals surface area contributed by atoms with Crippen molar-refractivity contribution >= 4 is 12.0 Å². The molecule has 92 valence electrons. The van der Waals surface area contributed by atoms with E-state index in [2.05, 4.69) is 0 Å². The van der Waals surface area contributed by atoms with Gasteiger partial charge in [0.25, 0.3) is 5.69 Å². The molecule has 0 aliphatic rings. The number of ether oxygens (including phenoxy) is 1. The molecule has 0 atom stereocenters. The lowest BCUT2D eigenvalue weighted by molar-refractivity contribution is -0.385. The fourth-order valence-electron chi connectivity index (χ4n) is 1.27. The number of hydrogen-bond acceptors (Lipinski definition) is 5. The van der Waals surface area contributed by atoms with E-state index in [0.29, 0.717) is 12.9 Å². The van der Waals surface area contributed by atoms with Crippen LogP contribution in [0.25, 0.3) is 0 Å². The number of carbonyl (C=O) groups is 1. The Kier molecular flexibility index (Phi) is 4.45.